The van der Waals surface area contributed by atoms with Gasteiger partial charge in [-0.1, -0.05) is 28.1 Å². The molecule has 2 aromatic rings. The lowest BCUT2D eigenvalue weighted by molar-refractivity contribution is -0.119. The number of amides is 1. The van der Waals surface area contributed by atoms with E-state index in [2.05, 4.69) is 26.6 Å². The molecule has 0 saturated heterocycles. The van der Waals surface area contributed by atoms with Crippen LogP contribution in [-0.4, -0.2) is 18.6 Å². The molecule has 2 N–H and O–H groups in total. The van der Waals surface area contributed by atoms with Gasteiger partial charge in [-0.25, -0.2) is 0 Å². The predicted molar refractivity (Wildman–Crippen MR) is 96.7 cm³/mol. The molecule has 0 aromatic heterocycles. The molecule has 2 rings (SSSR count). The van der Waals surface area contributed by atoms with E-state index in [-0.39, 0.29) is 18.6 Å². The summed E-state index contributed by atoms with van der Waals surface area (Å²) in [6, 6.07) is 15.5. The maximum atomic E-state index is 11.9. The third-order valence-corrected chi connectivity index (χ3v) is 3.61. The monoisotopic (exact) mass is 376 g/mol. The molecule has 122 valence electrons. The number of halogens is 1. The standard InChI is InChI=1S/C18H21BrN2O2/c1-13(2)23-17-9-3-14(4-10-17)11-21-18(22)12-20-16-7-5-15(19)6-8-16/h3-10,13,20H,11-12H2,1-2H3,(H,21,22). The smallest absolute Gasteiger partial charge is 0.239 e. The summed E-state index contributed by atoms with van der Waals surface area (Å²) in [7, 11) is 0. The molecule has 23 heavy (non-hydrogen) atoms. The SMILES string of the molecule is CC(C)Oc1ccc(CNC(=O)CNc2ccc(Br)cc2)cc1. The molecule has 5 heteroatoms. The van der Waals surface area contributed by atoms with Crippen molar-refractivity contribution in [3.05, 3.63) is 58.6 Å². The van der Waals surface area contributed by atoms with E-state index in [1.165, 1.54) is 0 Å². The number of hydrogen-bond acceptors (Lipinski definition) is 3. The van der Waals surface area contributed by atoms with E-state index in [1.54, 1.807) is 0 Å². The first-order valence-electron chi connectivity index (χ1n) is 7.54. The van der Waals surface area contributed by atoms with Crippen LogP contribution in [0.5, 0.6) is 5.75 Å². The zero-order valence-corrected chi connectivity index (χ0v) is 14.9. The second kappa shape index (κ2) is 8.58. The average molecular weight is 377 g/mol. The molecule has 0 radical (unpaired) electrons. The molecular weight excluding hydrogens is 356 g/mol. The van der Waals surface area contributed by atoms with Gasteiger partial charge in [-0.2, -0.15) is 0 Å². The highest BCUT2D eigenvalue weighted by Gasteiger charge is 2.02. The van der Waals surface area contributed by atoms with Crippen LogP contribution in [-0.2, 0) is 11.3 Å². The largest absolute Gasteiger partial charge is 0.491 e. The highest BCUT2D eigenvalue weighted by Crippen LogP contribution is 2.14. The van der Waals surface area contributed by atoms with Gasteiger partial charge in [0.1, 0.15) is 5.75 Å². The Labute approximate surface area is 145 Å². The Balaban J connectivity index is 1.74. The van der Waals surface area contributed by atoms with Crippen molar-refractivity contribution in [3.8, 4) is 5.75 Å². The average Bonchev–Trinajstić information content (AvgIpc) is 2.53. The summed E-state index contributed by atoms with van der Waals surface area (Å²) in [6.07, 6.45) is 0.158. The molecule has 0 atom stereocenters. The molecule has 0 bridgehead atoms. The van der Waals surface area contributed by atoms with Crippen LogP contribution in [0.3, 0.4) is 0 Å². The number of rotatable bonds is 7. The summed E-state index contributed by atoms with van der Waals surface area (Å²) in [6.45, 7) is 4.73. The van der Waals surface area contributed by atoms with Crippen molar-refractivity contribution >= 4 is 27.5 Å². The summed E-state index contributed by atoms with van der Waals surface area (Å²) in [5.74, 6) is 0.794. The summed E-state index contributed by atoms with van der Waals surface area (Å²) in [4.78, 5) is 11.9. The van der Waals surface area contributed by atoms with Gasteiger partial charge in [-0.15, -0.1) is 0 Å². The quantitative estimate of drug-likeness (QED) is 0.768. The van der Waals surface area contributed by atoms with Crippen molar-refractivity contribution in [1.29, 1.82) is 0 Å². The minimum absolute atomic E-state index is 0.0459. The molecule has 0 unspecified atom stereocenters. The molecule has 0 heterocycles. The number of carbonyl (C=O) groups is 1. The van der Waals surface area contributed by atoms with Crippen molar-refractivity contribution in [2.45, 2.75) is 26.5 Å². The van der Waals surface area contributed by atoms with Crippen LogP contribution in [0.4, 0.5) is 5.69 Å². The lowest BCUT2D eigenvalue weighted by atomic mass is 10.2. The van der Waals surface area contributed by atoms with Crippen LogP contribution in [0.1, 0.15) is 19.4 Å². The molecule has 0 fully saturated rings. The molecule has 0 spiro atoms. The maximum Gasteiger partial charge on any atom is 0.239 e. The van der Waals surface area contributed by atoms with Crippen LogP contribution < -0.4 is 15.4 Å². The Morgan fingerprint density at radius 2 is 1.74 bits per heavy atom. The molecule has 1 amide bonds. The van der Waals surface area contributed by atoms with Gasteiger partial charge in [-0.3, -0.25) is 4.79 Å². The number of carbonyl (C=O) groups excluding carboxylic acids is 1. The van der Waals surface area contributed by atoms with Gasteiger partial charge in [-0.05, 0) is 55.8 Å². The normalized spacial score (nSPS) is 10.4. The van der Waals surface area contributed by atoms with Crippen LogP contribution in [0.2, 0.25) is 0 Å². The Bertz CT molecular complexity index is 624. The fourth-order valence-corrected chi connectivity index (χ4v) is 2.24. The Hall–Kier alpha value is -2.01. The summed E-state index contributed by atoms with van der Waals surface area (Å²) >= 11 is 3.38. The zero-order valence-electron chi connectivity index (χ0n) is 13.3. The minimum atomic E-state index is -0.0459. The molecular formula is C18H21BrN2O2. The summed E-state index contributed by atoms with van der Waals surface area (Å²) < 4.78 is 6.60. The first-order chi connectivity index (χ1) is 11.0. The van der Waals surface area contributed by atoms with Gasteiger partial charge in [0.05, 0.1) is 12.6 Å². The molecule has 0 aliphatic carbocycles. The predicted octanol–water partition coefficient (Wildman–Crippen LogP) is 3.96. The minimum Gasteiger partial charge on any atom is -0.491 e. The highest BCUT2D eigenvalue weighted by atomic mass is 79.9. The van der Waals surface area contributed by atoms with Gasteiger partial charge in [0.2, 0.25) is 5.91 Å². The number of ether oxygens (including phenoxy) is 1. The molecule has 2 aromatic carbocycles. The van der Waals surface area contributed by atoms with Crippen molar-refractivity contribution in [1.82, 2.24) is 5.32 Å². The van der Waals surface area contributed by atoms with Crippen LogP contribution >= 0.6 is 15.9 Å². The fraction of sp³-hybridized carbons (Fsp3) is 0.278. The van der Waals surface area contributed by atoms with Gasteiger partial charge in [0.25, 0.3) is 0 Å². The third-order valence-electron chi connectivity index (χ3n) is 3.08. The summed E-state index contributed by atoms with van der Waals surface area (Å²) in [5, 5.41) is 5.98. The van der Waals surface area contributed by atoms with E-state index in [0.717, 1.165) is 21.5 Å². The fourth-order valence-electron chi connectivity index (χ4n) is 1.97. The van der Waals surface area contributed by atoms with Gasteiger partial charge in [0, 0.05) is 16.7 Å². The maximum absolute atomic E-state index is 11.9. The van der Waals surface area contributed by atoms with E-state index in [1.807, 2.05) is 62.4 Å². The molecule has 0 aliphatic rings. The molecule has 0 saturated carbocycles. The lowest BCUT2D eigenvalue weighted by Crippen LogP contribution is -2.29. The van der Waals surface area contributed by atoms with E-state index < -0.39 is 0 Å². The van der Waals surface area contributed by atoms with Gasteiger partial charge >= 0.3 is 0 Å². The second-order valence-electron chi connectivity index (χ2n) is 5.45. The van der Waals surface area contributed by atoms with Crippen molar-refractivity contribution < 1.29 is 9.53 Å². The Morgan fingerprint density at radius 1 is 1.09 bits per heavy atom. The number of nitrogens with one attached hydrogen (secondary N) is 2. The van der Waals surface area contributed by atoms with Gasteiger partial charge in [0.15, 0.2) is 0 Å². The zero-order chi connectivity index (χ0) is 16.7. The van der Waals surface area contributed by atoms with E-state index in [9.17, 15) is 4.79 Å². The number of benzene rings is 2. The first-order valence-corrected chi connectivity index (χ1v) is 8.34. The van der Waals surface area contributed by atoms with Crippen LogP contribution in [0, 0.1) is 0 Å². The van der Waals surface area contributed by atoms with E-state index >= 15 is 0 Å². The Kier molecular flexibility index (Phi) is 6.47. The highest BCUT2D eigenvalue weighted by molar-refractivity contribution is 9.10. The second-order valence-corrected chi connectivity index (χ2v) is 6.36. The third kappa shape index (κ3) is 6.32. The lowest BCUT2D eigenvalue weighted by Gasteiger charge is -2.11. The first kappa shape index (κ1) is 17.3. The van der Waals surface area contributed by atoms with Crippen LogP contribution in [0.25, 0.3) is 0 Å². The number of hydrogen-bond donors (Lipinski definition) is 2. The van der Waals surface area contributed by atoms with Gasteiger partial charge < -0.3 is 15.4 Å². The molecule has 4 nitrogen and oxygen atoms in total. The van der Waals surface area contributed by atoms with Crippen molar-refractivity contribution in [3.63, 3.8) is 0 Å². The molecule has 0 aliphatic heterocycles. The Morgan fingerprint density at radius 3 is 2.35 bits per heavy atom. The van der Waals surface area contributed by atoms with E-state index in [0.29, 0.717) is 6.54 Å². The topological polar surface area (TPSA) is 50.4 Å². The van der Waals surface area contributed by atoms with Crippen molar-refractivity contribution in [2.75, 3.05) is 11.9 Å². The summed E-state index contributed by atoms with van der Waals surface area (Å²) in [5.41, 5.74) is 1.96. The van der Waals surface area contributed by atoms with Crippen molar-refractivity contribution in [2.24, 2.45) is 0 Å². The van der Waals surface area contributed by atoms with Crippen LogP contribution in [0.15, 0.2) is 53.0 Å². The van der Waals surface area contributed by atoms with E-state index in [4.69, 9.17) is 4.74 Å². The number of anilines is 1.